The van der Waals surface area contributed by atoms with Crippen molar-refractivity contribution in [3.63, 3.8) is 0 Å². The van der Waals surface area contributed by atoms with Crippen LogP contribution >= 0.6 is 11.3 Å². The zero-order valence-electron chi connectivity index (χ0n) is 40.6. The van der Waals surface area contributed by atoms with Gasteiger partial charge in [-0.2, -0.15) is 0 Å². The summed E-state index contributed by atoms with van der Waals surface area (Å²) in [6.45, 7) is 14.6. The van der Waals surface area contributed by atoms with Crippen molar-refractivity contribution >= 4 is 45.5 Å². The molecule has 2 nitrogen and oxygen atoms in total. The molecule has 0 amide bonds. The zero-order valence-corrected chi connectivity index (χ0v) is 41.4. The van der Waals surface area contributed by atoms with E-state index in [4.69, 9.17) is 0 Å². The molecule has 3 heteroatoms. The third-order valence-corrected chi connectivity index (χ3v) is 17.1. The fourth-order valence-corrected chi connectivity index (χ4v) is 14.1. The molecule has 1 aromatic heterocycles. The highest BCUT2D eigenvalue weighted by Crippen LogP contribution is 2.64. The first kappa shape index (κ1) is 42.4. The Morgan fingerprint density at radius 3 is 1.13 bits per heavy atom. The Hall–Kier alpha value is -7.72. The minimum absolute atomic E-state index is 0.126. The van der Waals surface area contributed by atoms with Crippen LogP contribution in [0.3, 0.4) is 0 Å². The topological polar surface area (TPSA) is 6.48 Å². The molecule has 0 aliphatic heterocycles. The highest BCUT2D eigenvalue weighted by Gasteiger charge is 2.49. The highest BCUT2D eigenvalue weighted by atomic mass is 32.1. The van der Waals surface area contributed by atoms with Crippen LogP contribution in [-0.4, -0.2) is 0 Å². The zero-order chi connectivity index (χ0) is 47.5. The molecule has 3 aliphatic carbocycles. The quantitative estimate of drug-likeness (QED) is 0.150. The van der Waals surface area contributed by atoms with E-state index in [9.17, 15) is 0 Å². The maximum absolute atomic E-state index is 2.52. The largest absolute Gasteiger partial charge is 0.310 e. The number of para-hydroxylation sites is 3. The second-order valence-corrected chi connectivity index (χ2v) is 21.9. The van der Waals surface area contributed by atoms with Crippen molar-refractivity contribution < 1.29 is 0 Å². The number of anilines is 6. The second kappa shape index (κ2) is 15.7. The number of hydrogen-bond donors (Lipinski definition) is 0. The molecule has 0 unspecified atom stereocenters. The van der Waals surface area contributed by atoms with E-state index in [1.165, 1.54) is 93.3 Å². The van der Waals surface area contributed by atoms with Crippen LogP contribution in [0.2, 0.25) is 0 Å². The average Bonchev–Trinajstić information content (AvgIpc) is 4.04. The number of benzene rings is 9. The molecule has 1 heterocycles. The first-order chi connectivity index (χ1) is 34.0. The van der Waals surface area contributed by atoms with Crippen LogP contribution in [0.4, 0.5) is 34.1 Å². The Bertz CT molecular complexity index is 3690. The Morgan fingerprint density at radius 2 is 0.643 bits per heavy atom. The summed E-state index contributed by atoms with van der Waals surface area (Å²) in [6, 6.07) is 80.9. The minimum Gasteiger partial charge on any atom is -0.310 e. The summed E-state index contributed by atoms with van der Waals surface area (Å²) in [5.41, 5.74) is 25.0. The molecule has 0 radical (unpaired) electrons. The molecule has 0 saturated heterocycles. The van der Waals surface area contributed by atoms with Gasteiger partial charge in [0.1, 0.15) is 0 Å². The summed E-state index contributed by atoms with van der Waals surface area (Å²) in [4.78, 5) is 7.79. The van der Waals surface area contributed by atoms with Gasteiger partial charge in [0.25, 0.3) is 0 Å². The van der Waals surface area contributed by atoms with E-state index in [1.807, 2.05) is 11.3 Å². The van der Waals surface area contributed by atoms with E-state index < -0.39 is 0 Å². The molecular weight excluding hydrogens is 865 g/mol. The predicted molar refractivity (Wildman–Crippen MR) is 297 cm³/mol. The van der Waals surface area contributed by atoms with E-state index in [0.29, 0.717) is 0 Å². The molecule has 0 atom stereocenters. The molecule has 0 N–H and O–H groups in total. The lowest BCUT2D eigenvalue weighted by Gasteiger charge is -2.32. The van der Waals surface area contributed by atoms with Crippen LogP contribution in [0, 0.1) is 0 Å². The van der Waals surface area contributed by atoms with Crippen LogP contribution < -0.4 is 9.80 Å². The molecule has 0 fully saturated rings. The van der Waals surface area contributed by atoms with E-state index in [0.717, 1.165) is 28.4 Å². The van der Waals surface area contributed by atoms with Crippen LogP contribution in [0.15, 0.2) is 218 Å². The van der Waals surface area contributed by atoms with Gasteiger partial charge < -0.3 is 9.80 Å². The van der Waals surface area contributed by atoms with E-state index in [1.54, 1.807) is 0 Å². The van der Waals surface area contributed by atoms with Gasteiger partial charge in [0.15, 0.2) is 0 Å². The number of fused-ring (bicyclic) bond motifs is 10. The standard InChI is InChI=1S/C67H54N2S/c1-65(2)55-31-19-16-30-51(55)52-37-34-47(40-56(52)65)69(60-33-21-18-29-50(60)44-24-12-8-13-25-44)48-36-39-54-58(42-48)67(5,6)62-61-63(70-64(54)62)53-38-35-46(41-57(53)66(61,3)4)68(45-26-14-9-15-27-45)59-32-20-17-28-49(59)43-22-10-7-11-23-43/h7-42H,1-6H3. The van der Waals surface area contributed by atoms with Crippen LogP contribution in [-0.2, 0) is 16.2 Å². The molecule has 0 saturated carbocycles. The summed E-state index contributed by atoms with van der Waals surface area (Å²) >= 11 is 1.99. The van der Waals surface area contributed by atoms with Gasteiger partial charge in [-0.1, -0.05) is 199 Å². The molecule has 338 valence electrons. The summed E-state index contributed by atoms with van der Waals surface area (Å²) in [6.07, 6.45) is 0. The average molecular weight is 919 g/mol. The summed E-state index contributed by atoms with van der Waals surface area (Å²) in [5, 5.41) is 0. The van der Waals surface area contributed by atoms with E-state index in [2.05, 4.69) is 270 Å². The van der Waals surface area contributed by atoms with Crippen molar-refractivity contribution in [2.45, 2.75) is 57.8 Å². The lowest BCUT2D eigenvalue weighted by atomic mass is 9.74. The fraction of sp³-hybridized carbons (Fsp3) is 0.134. The van der Waals surface area contributed by atoms with Crippen LogP contribution in [0.25, 0.3) is 54.3 Å². The van der Waals surface area contributed by atoms with Gasteiger partial charge in [-0.3, -0.25) is 0 Å². The number of rotatable bonds is 8. The van der Waals surface area contributed by atoms with Gasteiger partial charge in [0.2, 0.25) is 0 Å². The molecule has 10 aromatic rings. The minimum atomic E-state index is -0.246. The Morgan fingerprint density at radius 1 is 0.286 bits per heavy atom. The SMILES string of the molecule is CC1(C)c2ccccc2-c2ccc(N(c3ccc4c(c3)C(C)(C)c3c-4sc4c3C(C)(C)c3cc(N(c5ccccc5)c5ccccc5-c5ccccc5)ccc3-4)c3ccccc3-c3ccccc3)cc21. The molecule has 70 heavy (non-hydrogen) atoms. The molecule has 0 bridgehead atoms. The predicted octanol–water partition coefficient (Wildman–Crippen LogP) is 18.9. The Balaban J connectivity index is 0.930. The first-order valence-electron chi connectivity index (χ1n) is 24.7. The molecule has 0 spiro atoms. The summed E-state index contributed by atoms with van der Waals surface area (Å²) in [5.74, 6) is 0. The number of nitrogens with zero attached hydrogens (tertiary/aromatic N) is 2. The maximum Gasteiger partial charge on any atom is 0.0540 e. The Labute approximate surface area is 416 Å². The smallest absolute Gasteiger partial charge is 0.0540 e. The van der Waals surface area contributed by atoms with Gasteiger partial charge in [0.05, 0.1) is 11.4 Å². The monoisotopic (exact) mass is 918 g/mol. The molecule has 13 rings (SSSR count). The second-order valence-electron chi connectivity index (χ2n) is 20.9. The van der Waals surface area contributed by atoms with Gasteiger partial charge in [0, 0.05) is 59.9 Å². The van der Waals surface area contributed by atoms with Crippen molar-refractivity contribution in [3.8, 4) is 54.3 Å². The van der Waals surface area contributed by atoms with Crippen molar-refractivity contribution in [2.75, 3.05) is 9.80 Å². The normalized spacial score (nSPS) is 14.8. The lowest BCUT2D eigenvalue weighted by molar-refractivity contribution is 0.603. The first-order valence-corrected chi connectivity index (χ1v) is 25.5. The number of thiophene rings is 1. The summed E-state index contributed by atoms with van der Waals surface area (Å²) in [7, 11) is 0. The van der Waals surface area contributed by atoms with E-state index in [-0.39, 0.29) is 16.2 Å². The van der Waals surface area contributed by atoms with Gasteiger partial charge >= 0.3 is 0 Å². The third kappa shape index (κ3) is 6.24. The Kier molecular flexibility index (Phi) is 9.48. The van der Waals surface area contributed by atoms with E-state index >= 15 is 0 Å². The van der Waals surface area contributed by atoms with Crippen molar-refractivity contribution in [1.82, 2.24) is 0 Å². The molecule has 3 aliphatic rings. The van der Waals surface area contributed by atoms with Crippen LogP contribution in [0.5, 0.6) is 0 Å². The maximum atomic E-state index is 2.52. The summed E-state index contributed by atoms with van der Waals surface area (Å²) < 4.78 is 0. The fourth-order valence-electron chi connectivity index (χ4n) is 12.4. The third-order valence-electron chi connectivity index (χ3n) is 15.8. The molecule has 9 aromatic carbocycles. The molecular formula is C67H54N2S. The van der Waals surface area contributed by atoms with Crippen molar-refractivity contribution in [1.29, 1.82) is 0 Å². The van der Waals surface area contributed by atoms with Gasteiger partial charge in [-0.25, -0.2) is 0 Å². The van der Waals surface area contributed by atoms with Gasteiger partial charge in [-0.05, 0) is 127 Å². The van der Waals surface area contributed by atoms with Gasteiger partial charge in [-0.15, -0.1) is 11.3 Å². The van der Waals surface area contributed by atoms with Crippen LogP contribution in [0.1, 0.15) is 74.9 Å². The highest BCUT2D eigenvalue weighted by molar-refractivity contribution is 7.19. The number of hydrogen-bond acceptors (Lipinski definition) is 3. The van der Waals surface area contributed by atoms with Crippen molar-refractivity contribution in [3.05, 3.63) is 252 Å². The van der Waals surface area contributed by atoms with Crippen molar-refractivity contribution in [2.24, 2.45) is 0 Å². The lowest BCUT2D eigenvalue weighted by Crippen LogP contribution is -2.23.